The molecule has 1 fully saturated rings. The fourth-order valence-corrected chi connectivity index (χ4v) is 3.72. The van der Waals surface area contributed by atoms with Crippen molar-refractivity contribution in [3.63, 3.8) is 0 Å². The maximum absolute atomic E-state index is 12.6. The average Bonchev–Trinajstić information content (AvgIpc) is 2.78. The van der Waals surface area contributed by atoms with Gasteiger partial charge in [-0.15, -0.1) is 0 Å². The molecule has 1 N–H and O–H groups in total. The summed E-state index contributed by atoms with van der Waals surface area (Å²) in [5.74, 6) is 1.36. The van der Waals surface area contributed by atoms with Crippen molar-refractivity contribution in [2.45, 2.75) is 31.7 Å². The van der Waals surface area contributed by atoms with Crippen LogP contribution in [0.1, 0.15) is 35.2 Å². The lowest BCUT2D eigenvalue weighted by Crippen LogP contribution is -2.46. The molecule has 2 aromatic rings. The van der Waals surface area contributed by atoms with Crippen molar-refractivity contribution in [3.8, 4) is 11.5 Å². The number of carbonyl (C=O) groups excluding carboxylic acids is 2. The van der Waals surface area contributed by atoms with Gasteiger partial charge in [0.1, 0.15) is 0 Å². The Morgan fingerprint density at radius 1 is 1.03 bits per heavy atom. The van der Waals surface area contributed by atoms with E-state index in [2.05, 4.69) is 5.32 Å². The number of hydrogen-bond donors (Lipinski definition) is 1. The SMILES string of the molecule is COc1ccc(CCC(=O)NC2CCN(C(=O)c3ccc(Cl)cc3)CC2)cc1OC. The number of ether oxygens (including phenoxy) is 2. The summed E-state index contributed by atoms with van der Waals surface area (Å²) in [6.45, 7) is 1.25. The molecule has 1 aliphatic rings. The van der Waals surface area contributed by atoms with Gasteiger partial charge in [-0.05, 0) is 61.2 Å². The van der Waals surface area contributed by atoms with Gasteiger partial charge in [0.15, 0.2) is 11.5 Å². The van der Waals surface area contributed by atoms with Crippen LogP contribution in [0.3, 0.4) is 0 Å². The van der Waals surface area contributed by atoms with Gasteiger partial charge in [-0.25, -0.2) is 0 Å². The van der Waals surface area contributed by atoms with Gasteiger partial charge in [-0.2, -0.15) is 0 Å². The highest BCUT2D eigenvalue weighted by molar-refractivity contribution is 6.30. The summed E-state index contributed by atoms with van der Waals surface area (Å²) in [4.78, 5) is 26.8. The minimum absolute atomic E-state index is 0.00453. The van der Waals surface area contributed by atoms with E-state index in [0.717, 1.165) is 18.4 Å². The first-order chi connectivity index (χ1) is 14.5. The summed E-state index contributed by atoms with van der Waals surface area (Å²) < 4.78 is 10.5. The number of benzene rings is 2. The van der Waals surface area contributed by atoms with E-state index in [1.807, 2.05) is 23.1 Å². The van der Waals surface area contributed by atoms with Crippen molar-refractivity contribution < 1.29 is 19.1 Å². The monoisotopic (exact) mass is 430 g/mol. The summed E-state index contributed by atoms with van der Waals surface area (Å²) in [6.07, 6.45) is 2.53. The highest BCUT2D eigenvalue weighted by Crippen LogP contribution is 2.28. The average molecular weight is 431 g/mol. The molecule has 160 valence electrons. The van der Waals surface area contributed by atoms with Crippen molar-refractivity contribution in [1.29, 1.82) is 0 Å². The van der Waals surface area contributed by atoms with Gasteiger partial charge in [0.05, 0.1) is 14.2 Å². The quantitative estimate of drug-likeness (QED) is 0.727. The minimum atomic E-state index is 0.00453. The standard InChI is InChI=1S/C23H27ClN2O4/c1-29-20-9-3-16(15-21(20)30-2)4-10-22(27)25-19-11-13-26(14-12-19)23(28)17-5-7-18(24)8-6-17/h3,5-9,15,19H,4,10-14H2,1-2H3,(H,25,27). The number of aryl methyl sites for hydroxylation is 1. The molecule has 3 rings (SSSR count). The molecule has 1 aliphatic heterocycles. The Labute approximate surface area is 182 Å². The van der Waals surface area contributed by atoms with Crippen LogP contribution in [0.5, 0.6) is 11.5 Å². The molecule has 0 saturated carbocycles. The molecule has 0 spiro atoms. The predicted molar refractivity (Wildman–Crippen MR) is 116 cm³/mol. The van der Waals surface area contributed by atoms with Gasteiger partial charge >= 0.3 is 0 Å². The van der Waals surface area contributed by atoms with Crippen LogP contribution in [0.15, 0.2) is 42.5 Å². The maximum atomic E-state index is 12.6. The van der Waals surface area contributed by atoms with Gasteiger partial charge in [-0.1, -0.05) is 17.7 Å². The lowest BCUT2D eigenvalue weighted by atomic mass is 10.0. The van der Waals surface area contributed by atoms with E-state index in [4.69, 9.17) is 21.1 Å². The third-order valence-corrected chi connectivity index (χ3v) is 5.58. The topological polar surface area (TPSA) is 67.9 Å². The first-order valence-corrected chi connectivity index (χ1v) is 10.4. The lowest BCUT2D eigenvalue weighted by Gasteiger charge is -2.32. The molecule has 0 atom stereocenters. The Hall–Kier alpha value is -2.73. The number of hydrogen-bond acceptors (Lipinski definition) is 4. The van der Waals surface area contributed by atoms with E-state index in [1.165, 1.54) is 0 Å². The third-order valence-electron chi connectivity index (χ3n) is 5.33. The molecule has 2 amide bonds. The van der Waals surface area contributed by atoms with E-state index in [1.54, 1.807) is 38.5 Å². The second-order valence-electron chi connectivity index (χ2n) is 7.33. The number of methoxy groups -OCH3 is 2. The van der Waals surface area contributed by atoms with Crippen LogP contribution in [0.2, 0.25) is 5.02 Å². The van der Waals surface area contributed by atoms with E-state index in [0.29, 0.717) is 48.0 Å². The largest absolute Gasteiger partial charge is 0.493 e. The molecule has 0 radical (unpaired) electrons. The van der Waals surface area contributed by atoms with Crippen LogP contribution in [0.4, 0.5) is 0 Å². The minimum Gasteiger partial charge on any atom is -0.493 e. The number of amides is 2. The number of rotatable bonds is 7. The molecular formula is C23H27ClN2O4. The van der Waals surface area contributed by atoms with E-state index in [-0.39, 0.29) is 17.9 Å². The third kappa shape index (κ3) is 5.66. The lowest BCUT2D eigenvalue weighted by molar-refractivity contribution is -0.122. The number of carbonyl (C=O) groups is 2. The zero-order chi connectivity index (χ0) is 21.5. The maximum Gasteiger partial charge on any atom is 0.253 e. The van der Waals surface area contributed by atoms with Crippen molar-refractivity contribution in [3.05, 3.63) is 58.6 Å². The van der Waals surface area contributed by atoms with Gasteiger partial charge in [0.2, 0.25) is 5.91 Å². The van der Waals surface area contributed by atoms with Crippen molar-refractivity contribution in [1.82, 2.24) is 10.2 Å². The molecule has 30 heavy (non-hydrogen) atoms. The van der Waals surface area contributed by atoms with Gasteiger partial charge in [-0.3, -0.25) is 9.59 Å². The van der Waals surface area contributed by atoms with Crippen LogP contribution >= 0.6 is 11.6 Å². The van der Waals surface area contributed by atoms with Crippen molar-refractivity contribution >= 4 is 23.4 Å². The second-order valence-corrected chi connectivity index (χ2v) is 7.77. The van der Waals surface area contributed by atoms with Crippen LogP contribution in [0, 0.1) is 0 Å². The molecular weight excluding hydrogens is 404 g/mol. The molecule has 7 heteroatoms. The smallest absolute Gasteiger partial charge is 0.253 e. The van der Waals surface area contributed by atoms with E-state index in [9.17, 15) is 9.59 Å². The first kappa shape index (κ1) is 22.0. The molecule has 2 aromatic carbocycles. The Bertz CT molecular complexity index is 877. The van der Waals surface area contributed by atoms with Crippen molar-refractivity contribution in [2.75, 3.05) is 27.3 Å². The second kappa shape index (κ2) is 10.3. The van der Waals surface area contributed by atoms with E-state index >= 15 is 0 Å². The Morgan fingerprint density at radius 3 is 2.33 bits per heavy atom. The van der Waals surface area contributed by atoms with Crippen LogP contribution in [-0.2, 0) is 11.2 Å². The highest BCUT2D eigenvalue weighted by atomic mass is 35.5. The summed E-state index contributed by atoms with van der Waals surface area (Å²) in [5.41, 5.74) is 1.66. The molecule has 0 aromatic heterocycles. The van der Waals surface area contributed by atoms with Gasteiger partial charge in [0, 0.05) is 36.1 Å². The zero-order valence-corrected chi connectivity index (χ0v) is 18.1. The summed E-state index contributed by atoms with van der Waals surface area (Å²) in [6, 6.07) is 12.7. The molecule has 1 heterocycles. The number of halogens is 1. The fourth-order valence-electron chi connectivity index (χ4n) is 3.60. The van der Waals surface area contributed by atoms with Crippen molar-refractivity contribution in [2.24, 2.45) is 0 Å². The molecule has 0 bridgehead atoms. The number of piperidine rings is 1. The predicted octanol–water partition coefficient (Wildman–Crippen LogP) is 3.71. The molecule has 0 aliphatic carbocycles. The zero-order valence-electron chi connectivity index (χ0n) is 17.3. The summed E-state index contributed by atoms with van der Waals surface area (Å²) >= 11 is 5.89. The highest BCUT2D eigenvalue weighted by Gasteiger charge is 2.24. The first-order valence-electron chi connectivity index (χ1n) is 10.0. The van der Waals surface area contributed by atoms with Crippen LogP contribution < -0.4 is 14.8 Å². The van der Waals surface area contributed by atoms with E-state index < -0.39 is 0 Å². The Morgan fingerprint density at radius 2 is 1.70 bits per heavy atom. The Kier molecular flexibility index (Phi) is 7.57. The number of nitrogens with zero attached hydrogens (tertiary/aromatic N) is 1. The molecule has 0 unspecified atom stereocenters. The Balaban J connectivity index is 1.44. The summed E-state index contributed by atoms with van der Waals surface area (Å²) in [5, 5.41) is 3.71. The number of nitrogens with one attached hydrogen (secondary N) is 1. The normalized spacial score (nSPS) is 14.3. The number of likely N-dealkylation sites (tertiary alicyclic amines) is 1. The molecule has 1 saturated heterocycles. The van der Waals surface area contributed by atoms with Gasteiger partial charge in [0.25, 0.3) is 5.91 Å². The van der Waals surface area contributed by atoms with Crippen LogP contribution in [-0.4, -0.2) is 50.1 Å². The fraction of sp³-hybridized carbons (Fsp3) is 0.391. The van der Waals surface area contributed by atoms with Crippen LogP contribution in [0.25, 0.3) is 0 Å². The van der Waals surface area contributed by atoms with Gasteiger partial charge < -0.3 is 19.7 Å². The summed E-state index contributed by atoms with van der Waals surface area (Å²) in [7, 11) is 3.19. The molecule has 6 nitrogen and oxygen atoms in total.